The van der Waals surface area contributed by atoms with E-state index in [1.54, 1.807) is 12.1 Å². The Morgan fingerprint density at radius 3 is 2.94 bits per heavy atom. The van der Waals surface area contributed by atoms with Gasteiger partial charge in [0, 0.05) is 28.7 Å². The first kappa shape index (κ1) is 12.3. The van der Waals surface area contributed by atoms with Crippen LogP contribution in [0.25, 0.3) is 10.8 Å². The number of pyridine rings is 1. The molecule has 0 saturated carbocycles. The maximum Gasteiger partial charge on any atom is 0.270 e. The number of nitrogens with two attached hydrogens (primary N) is 1. The van der Waals surface area contributed by atoms with E-state index < -0.39 is 0 Å². The highest BCUT2D eigenvalue weighted by Gasteiger charge is 2.13. The first-order valence-electron chi connectivity index (χ1n) is 5.68. The molecule has 5 heteroatoms. The van der Waals surface area contributed by atoms with Crippen molar-refractivity contribution in [3.05, 3.63) is 35.7 Å². The molecule has 4 N–H and O–H groups in total. The second-order valence-corrected chi connectivity index (χ2v) is 4.03. The molecule has 0 unspecified atom stereocenters. The maximum atomic E-state index is 12.0. The molecule has 0 saturated heterocycles. The van der Waals surface area contributed by atoms with E-state index in [4.69, 9.17) is 10.8 Å². The van der Waals surface area contributed by atoms with Gasteiger partial charge in [0.2, 0.25) is 0 Å². The first-order chi connectivity index (χ1) is 8.63. The second-order valence-electron chi connectivity index (χ2n) is 4.03. The molecular weight excluding hydrogens is 230 g/mol. The normalized spacial score (nSPS) is 10.6. The van der Waals surface area contributed by atoms with Gasteiger partial charge in [0.05, 0.1) is 6.61 Å². The summed E-state index contributed by atoms with van der Waals surface area (Å²) in [6.45, 7) is 1.92. The zero-order chi connectivity index (χ0) is 13.1. The Labute approximate surface area is 105 Å². The number of nitrogen functional groups attached to an aromatic ring is 1. The molecule has 18 heavy (non-hydrogen) atoms. The third-order valence-corrected chi connectivity index (χ3v) is 2.65. The Kier molecular flexibility index (Phi) is 3.43. The number of aromatic nitrogens is 1. The van der Waals surface area contributed by atoms with Crippen molar-refractivity contribution in [1.82, 2.24) is 10.3 Å². The highest BCUT2D eigenvalue weighted by Crippen LogP contribution is 2.23. The molecule has 0 aliphatic rings. The molecule has 1 aromatic heterocycles. The summed E-state index contributed by atoms with van der Waals surface area (Å²) in [5, 5.41) is 12.9. The van der Waals surface area contributed by atoms with Gasteiger partial charge in [-0.3, -0.25) is 4.79 Å². The van der Waals surface area contributed by atoms with E-state index in [1.807, 2.05) is 19.1 Å². The van der Waals surface area contributed by atoms with Gasteiger partial charge in [-0.05, 0) is 19.1 Å². The summed E-state index contributed by atoms with van der Waals surface area (Å²) in [4.78, 5) is 16.2. The van der Waals surface area contributed by atoms with Crippen LogP contribution >= 0.6 is 0 Å². The Bertz CT molecular complexity index is 596. The van der Waals surface area contributed by atoms with Gasteiger partial charge in [-0.2, -0.15) is 0 Å². The fraction of sp³-hybridized carbons (Fsp3) is 0.231. The smallest absolute Gasteiger partial charge is 0.270 e. The first-order valence-corrected chi connectivity index (χ1v) is 5.68. The van der Waals surface area contributed by atoms with Crippen molar-refractivity contribution in [2.75, 3.05) is 18.9 Å². The average Bonchev–Trinajstić information content (AvgIpc) is 2.36. The largest absolute Gasteiger partial charge is 0.398 e. The van der Waals surface area contributed by atoms with Crippen molar-refractivity contribution >= 4 is 22.4 Å². The van der Waals surface area contributed by atoms with Gasteiger partial charge in [0.1, 0.15) is 5.69 Å². The Hall–Kier alpha value is -2.14. The van der Waals surface area contributed by atoms with Crippen molar-refractivity contribution in [3.63, 3.8) is 0 Å². The Morgan fingerprint density at radius 2 is 2.22 bits per heavy atom. The fourth-order valence-electron chi connectivity index (χ4n) is 1.85. The number of anilines is 1. The summed E-state index contributed by atoms with van der Waals surface area (Å²) in [5.74, 6) is -0.302. The quantitative estimate of drug-likeness (QED) is 0.699. The number of aliphatic hydroxyl groups excluding tert-OH is 1. The zero-order valence-corrected chi connectivity index (χ0v) is 10.1. The lowest BCUT2D eigenvalue weighted by Crippen LogP contribution is -2.27. The summed E-state index contributed by atoms with van der Waals surface area (Å²) < 4.78 is 0. The molecule has 0 radical (unpaired) electrons. The van der Waals surface area contributed by atoms with Crippen LogP contribution in [0.1, 0.15) is 16.2 Å². The van der Waals surface area contributed by atoms with E-state index in [0.717, 1.165) is 16.5 Å². The Balaban J connectivity index is 2.56. The van der Waals surface area contributed by atoms with E-state index in [9.17, 15) is 4.79 Å². The number of carbonyl (C=O) groups is 1. The van der Waals surface area contributed by atoms with Gasteiger partial charge < -0.3 is 16.2 Å². The number of rotatable bonds is 3. The summed E-state index contributed by atoms with van der Waals surface area (Å²) in [5.41, 5.74) is 7.58. The number of hydrogen-bond donors (Lipinski definition) is 3. The molecule has 1 amide bonds. The fourth-order valence-corrected chi connectivity index (χ4v) is 1.85. The molecule has 0 aliphatic heterocycles. The monoisotopic (exact) mass is 245 g/mol. The molecule has 0 fully saturated rings. The number of benzene rings is 1. The van der Waals surface area contributed by atoms with Crippen molar-refractivity contribution in [2.24, 2.45) is 0 Å². The number of nitrogens with zero attached hydrogens (tertiary/aromatic N) is 1. The van der Waals surface area contributed by atoms with Crippen LogP contribution < -0.4 is 11.1 Å². The lowest BCUT2D eigenvalue weighted by atomic mass is 10.1. The predicted octanol–water partition coefficient (Wildman–Crippen LogP) is 0.848. The number of aryl methyl sites for hydroxylation is 1. The molecular formula is C13H15N3O2. The molecule has 0 aliphatic carbocycles. The van der Waals surface area contributed by atoms with Crippen LogP contribution in [0.5, 0.6) is 0 Å². The van der Waals surface area contributed by atoms with E-state index in [-0.39, 0.29) is 19.1 Å². The Morgan fingerprint density at radius 1 is 1.44 bits per heavy atom. The number of aliphatic hydroxyl groups is 1. The number of carbonyl (C=O) groups excluding carboxylic acids is 1. The van der Waals surface area contributed by atoms with Crippen LogP contribution in [0.4, 0.5) is 5.69 Å². The maximum absolute atomic E-state index is 12.0. The van der Waals surface area contributed by atoms with Gasteiger partial charge >= 0.3 is 0 Å². The predicted molar refractivity (Wildman–Crippen MR) is 70.3 cm³/mol. The topological polar surface area (TPSA) is 88.2 Å². The lowest BCUT2D eigenvalue weighted by molar-refractivity contribution is 0.0941. The highest BCUT2D eigenvalue weighted by molar-refractivity contribution is 6.08. The molecule has 1 heterocycles. The molecule has 94 valence electrons. The van der Waals surface area contributed by atoms with E-state index in [0.29, 0.717) is 11.4 Å². The van der Waals surface area contributed by atoms with Crippen molar-refractivity contribution in [1.29, 1.82) is 0 Å². The summed E-state index contributed by atoms with van der Waals surface area (Å²) in [7, 11) is 0. The van der Waals surface area contributed by atoms with Gasteiger partial charge in [0.15, 0.2) is 0 Å². The van der Waals surface area contributed by atoms with Crippen LogP contribution in [-0.2, 0) is 0 Å². The van der Waals surface area contributed by atoms with Crippen molar-refractivity contribution in [2.45, 2.75) is 6.92 Å². The van der Waals surface area contributed by atoms with Crippen LogP contribution in [0, 0.1) is 6.92 Å². The third kappa shape index (κ3) is 2.26. The highest BCUT2D eigenvalue weighted by atomic mass is 16.3. The number of amides is 1. The SMILES string of the molecule is Cc1cc2c(N)cccc2c(C(=O)NCCO)n1. The van der Waals surface area contributed by atoms with E-state index in [1.165, 1.54) is 0 Å². The minimum Gasteiger partial charge on any atom is -0.398 e. The molecule has 0 bridgehead atoms. The van der Waals surface area contributed by atoms with Crippen molar-refractivity contribution < 1.29 is 9.90 Å². The van der Waals surface area contributed by atoms with Crippen LogP contribution in [0.2, 0.25) is 0 Å². The number of fused-ring (bicyclic) bond motifs is 1. The van der Waals surface area contributed by atoms with Gasteiger partial charge in [-0.25, -0.2) is 4.98 Å². The van der Waals surface area contributed by atoms with Crippen LogP contribution in [0.3, 0.4) is 0 Å². The standard InChI is InChI=1S/C13H15N3O2/c1-8-7-10-9(3-2-4-11(10)14)12(16-8)13(18)15-5-6-17/h2-4,7,17H,5-6,14H2,1H3,(H,15,18). The minimum absolute atomic E-state index is 0.0996. The number of hydrogen-bond acceptors (Lipinski definition) is 4. The number of nitrogens with one attached hydrogen (secondary N) is 1. The van der Waals surface area contributed by atoms with E-state index >= 15 is 0 Å². The molecule has 0 spiro atoms. The van der Waals surface area contributed by atoms with Crippen molar-refractivity contribution in [3.8, 4) is 0 Å². The van der Waals surface area contributed by atoms with E-state index in [2.05, 4.69) is 10.3 Å². The molecule has 5 nitrogen and oxygen atoms in total. The molecule has 0 atom stereocenters. The second kappa shape index (κ2) is 5.01. The molecule has 1 aromatic carbocycles. The van der Waals surface area contributed by atoms with Crippen LogP contribution in [-0.4, -0.2) is 29.1 Å². The zero-order valence-electron chi connectivity index (χ0n) is 10.1. The summed E-state index contributed by atoms with van der Waals surface area (Å²) in [6.07, 6.45) is 0. The van der Waals surface area contributed by atoms with Gasteiger partial charge in [0.25, 0.3) is 5.91 Å². The van der Waals surface area contributed by atoms with Gasteiger partial charge in [-0.1, -0.05) is 12.1 Å². The molecule has 2 aromatic rings. The van der Waals surface area contributed by atoms with Crippen LogP contribution in [0.15, 0.2) is 24.3 Å². The lowest BCUT2D eigenvalue weighted by Gasteiger charge is -2.09. The average molecular weight is 245 g/mol. The third-order valence-electron chi connectivity index (χ3n) is 2.65. The summed E-state index contributed by atoms with van der Waals surface area (Å²) >= 11 is 0. The van der Waals surface area contributed by atoms with Gasteiger partial charge in [-0.15, -0.1) is 0 Å². The minimum atomic E-state index is -0.302. The summed E-state index contributed by atoms with van der Waals surface area (Å²) in [6, 6.07) is 7.24. The molecule has 2 rings (SSSR count).